The van der Waals surface area contributed by atoms with Gasteiger partial charge in [0.25, 0.3) is 0 Å². The Kier molecular flexibility index (Phi) is 4.23. The maximum atomic E-state index is 5.62. The van der Waals surface area contributed by atoms with Crippen LogP contribution in [0.1, 0.15) is 39.0 Å². The molecular formula is C13H23N5. The van der Waals surface area contributed by atoms with Crippen molar-refractivity contribution >= 4 is 17.6 Å². The average molecular weight is 249 g/mol. The van der Waals surface area contributed by atoms with Crippen molar-refractivity contribution in [2.75, 3.05) is 23.3 Å². The zero-order valence-corrected chi connectivity index (χ0v) is 11.0. The molecule has 0 saturated heterocycles. The first kappa shape index (κ1) is 12.9. The first-order valence-corrected chi connectivity index (χ1v) is 6.77. The molecule has 1 aromatic heterocycles. The standard InChI is InChI=1S/C13H23N5/c1-9-2-4-10(5-3-9)6-7-16-12-8-11(14)17-13(15)18-12/h8-10H,2-7H2,1H3,(H5,14,15,16,17,18). The summed E-state index contributed by atoms with van der Waals surface area (Å²) in [5.74, 6) is 3.13. The largest absolute Gasteiger partial charge is 0.383 e. The number of nitrogens with one attached hydrogen (secondary N) is 1. The Bertz CT molecular complexity index is 365. The molecule has 1 aromatic rings. The zero-order chi connectivity index (χ0) is 13.0. The average Bonchev–Trinajstić information content (AvgIpc) is 2.30. The van der Waals surface area contributed by atoms with E-state index in [9.17, 15) is 0 Å². The molecule has 100 valence electrons. The minimum Gasteiger partial charge on any atom is -0.383 e. The third-order valence-electron chi connectivity index (χ3n) is 3.76. The van der Waals surface area contributed by atoms with E-state index in [1.165, 1.54) is 32.1 Å². The fourth-order valence-electron chi connectivity index (χ4n) is 2.60. The number of hydrogen-bond acceptors (Lipinski definition) is 5. The number of anilines is 3. The smallest absolute Gasteiger partial charge is 0.223 e. The van der Waals surface area contributed by atoms with Crippen molar-refractivity contribution in [2.24, 2.45) is 11.8 Å². The van der Waals surface area contributed by atoms with Gasteiger partial charge in [0, 0.05) is 12.6 Å². The van der Waals surface area contributed by atoms with Gasteiger partial charge < -0.3 is 16.8 Å². The zero-order valence-electron chi connectivity index (χ0n) is 11.0. The highest BCUT2D eigenvalue weighted by molar-refractivity contribution is 5.48. The van der Waals surface area contributed by atoms with Crippen molar-refractivity contribution in [2.45, 2.75) is 39.0 Å². The molecule has 0 radical (unpaired) electrons. The fourth-order valence-corrected chi connectivity index (χ4v) is 2.60. The Morgan fingerprint density at radius 2 is 1.94 bits per heavy atom. The first-order valence-electron chi connectivity index (χ1n) is 6.77. The molecule has 5 N–H and O–H groups in total. The second kappa shape index (κ2) is 5.89. The molecule has 2 rings (SSSR count). The third kappa shape index (κ3) is 3.75. The van der Waals surface area contributed by atoms with Gasteiger partial charge in [-0.05, 0) is 18.3 Å². The van der Waals surface area contributed by atoms with Crippen molar-refractivity contribution in [3.8, 4) is 0 Å². The van der Waals surface area contributed by atoms with E-state index in [2.05, 4.69) is 22.2 Å². The monoisotopic (exact) mass is 249 g/mol. The second-order valence-electron chi connectivity index (χ2n) is 5.38. The van der Waals surface area contributed by atoms with Crippen LogP contribution in [0.4, 0.5) is 17.6 Å². The molecule has 1 heterocycles. The van der Waals surface area contributed by atoms with Crippen LogP contribution in [0.2, 0.25) is 0 Å². The summed E-state index contributed by atoms with van der Waals surface area (Å²) in [6.45, 7) is 3.27. The highest BCUT2D eigenvalue weighted by Crippen LogP contribution is 2.30. The van der Waals surface area contributed by atoms with Crippen LogP contribution in [-0.4, -0.2) is 16.5 Å². The van der Waals surface area contributed by atoms with Gasteiger partial charge in [0.2, 0.25) is 5.95 Å². The summed E-state index contributed by atoms with van der Waals surface area (Å²) in [6, 6.07) is 1.72. The van der Waals surface area contributed by atoms with E-state index in [0.717, 1.165) is 24.2 Å². The maximum Gasteiger partial charge on any atom is 0.223 e. The number of rotatable bonds is 4. The summed E-state index contributed by atoms with van der Waals surface area (Å²) in [5, 5.41) is 3.27. The Morgan fingerprint density at radius 1 is 1.22 bits per heavy atom. The Labute approximate surface area is 108 Å². The Hall–Kier alpha value is -1.52. The molecule has 1 aliphatic carbocycles. The van der Waals surface area contributed by atoms with Crippen molar-refractivity contribution < 1.29 is 0 Å². The van der Waals surface area contributed by atoms with Crippen LogP contribution in [0.5, 0.6) is 0 Å². The van der Waals surface area contributed by atoms with Crippen LogP contribution in [-0.2, 0) is 0 Å². The number of nitrogens with two attached hydrogens (primary N) is 2. The lowest BCUT2D eigenvalue weighted by Crippen LogP contribution is -2.16. The van der Waals surface area contributed by atoms with Gasteiger partial charge in [0.05, 0.1) is 0 Å². The summed E-state index contributed by atoms with van der Waals surface area (Å²) in [5.41, 5.74) is 11.2. The Morgan fingerprint density at radius 3 is 2.61 bits per heavy atom. The van der Waals surface area contributed by atoms with Gasteiger partial charge in [-0.1, -0.05) is 32.6 Å². The van der Waals surface area contributed by atoms with E-state index in [1.54, 1.807) is 6.07 Å². The topological polar surface area (TPSA) is 89.8 Å². The van der Waals surface area contributed by atoms with Gasteiger partial charge >= 0.3 is 0 Å². The molecular weight excluding hydrogens is 226 g/mol. The van der Waals surface area contributed by atoms with Crippen LogP contribution >= 0.6 is 0 Å². The fraction of sp³-hybridized carbons (Fsp3) is 0.692. The Balaban J connectivity index is 1.74. The second-order valence-corrected chi connectivity index (χ2v) is 5.38. The summed E-state index contributed by atoms with van der Waals surface area (Å²) >= 11 is 0. The normalized spacial score (nSPS) is 23.8. The lowest BCUT2D eigenvalue weighted by Gasteiger charge is -2.26. The molecule has 0 bridgehead atoms. The molecule has 0 atom stereocenters. The lowest BCUT2D eigenvalue weighted by molar-refractivity contribution is 0.282. The van der Waals surface area contributed by atoms with Crippen LogP contribution in [0.15, 0.2) is 6.07 Å². The van der Waals surface area contributed by atoms with Gasteiger partial charge in [-0.2, -0.15) is 9.97 Å². The van der Waals surface area contributed by atoms with Crippen LogP contribution in [0.25, 0.3) is 0 Å². The van der Waals surface area contributed by atoms with Crippen LogP contribution in [0.3, 0.4) is 0 Å². The van der Waals surface area contributed by atoms with E-state index in [4.69, 9.17) is 11.5 Å². The van der Waals surface area contributed by atoms with Gasteiger partial charge in [0.15, 0.2) is 0 Å². The van der Waals surface area contributed by atoms with E-state index in [1.807, 2.05) is 0 Å². The van der Waals surface area contributed by atoms with Gasteiger partial charge in [0.1, 0.15) is 11.6 Å². The molecule has 0 unspecified atom stereocenters. The highest BCUT2D eigenvalue weighted by Gasteiger charge is 2.17. The van der Waals surface area contributed by atoms with Crippen molar-refractivity contribution in [1.82, 2.24) is 9.97 Å². The first-order chi connectivity index (χ1) is 8.63. The third-order valence-corrected chi connectivity index (χ3v) is 3.76. The molecule has 0 spiro atoms. The molecule has 1 saturated carbocycles. The quantitative estimate of drug-likeness (QED) is 0.761. The lowest BCUT2D eigenvalue weighted by atomic mass is 9.81. The van der Waals surface area contributed by atoms with Crippen LogP contribution < -0.4 is 16.8 Å². The molecule has 0 aliphatic heterocycles. The van der Waals surface area contributed by atoms with Crippen molar-refractivity contribution in [3.05, 3.63) is 6.07 Å². The summed E-state index contributed by atoms with van der Waals surface area (Å²) in [6.07, 6.45) is 6.65. The summed E-state index contributed by atoms with van der Waals surface area (Å²) in [4.78, 5) is 7.95. The van der Waals surface area contributed by atoms with Crippen molar-refractivity contribution in [3.63, 3.8) is 0 Å². The van der Waals surface area contributed by atoms with Crippen molar-refractivity contribution in [1.29, 1.82) is 0 Å². The maximum absolute atomic E-state index is 5.62. The van der Waals surface area contributed by atoms with E-state index >= 15 is 0 Å². The number of aromatic nitrogens is 2. The summed E-state index contributed by atoms with van der Waals surface area (Å²) < 4.78 is 0. The van der Waals surface area contributed by atoms with E-state index in [0.29, 0.717) is 5.82 Å². The number of nitrogens with zero attached hydrogens (tertiary/aromatic N) is 2. The number of nitrogen functional groups attached to an aromatic ring is 2. The predicted molar refractivity (Wildman–Crippen MR) is 75.1 cm³/mol. The minimum absolute atomic E-state index is 0.226. The molecule has 0 amide bonds. The molecule has 1 aliphatic rings. The van der Waals surface area contributed by atoms with Gasteiger partial charge in [-0.15, -0.1) is 0 Å². The molecule has 5 heteroatoms. The molecule has 5 nitrogen and oxygen atoms in total. The SMILES string of the molecule is CC1CCC(CCNc2cc(N)nc(N)n2)CC1. The van der Waals surface area contributed by atoms with E-state index in [-0.39, 0.29) is 5.95 Å². The molecule has 0 aromatic carbocycles. The molecule has 1 fully saturated rings. The summed E-state index contributed by atoms with van der Waals surface area (Å²) in [7, 11) is 0. The molecule has 18 heavy (non-hydrogen) atoms. The van der Waals surface area contributed by atoms with Gasteiger partial charge in [-0.25, -0.2) is 0 Å². The predicted octanol–water partition coefficient (Wildman–Crippen LogP) is 2.27. The van der Waals surface area contributed by atoms with Crippen LogP contribution in [0, 0.1) is 11.8 Å². The highest BCUT2D eigenvalue weighted by atomic mass is 15.1. The minimum atomic E-state index is 0.226. The number of hydrogen-bond donors (Lipinski definition) is 3. The van der Waals surface area contributed by atoms with E-state index < -0.39 is 0 Å². The van der Waals surface area contributed by atoms with Gasteiger partial charge in [-0.3, -0.25) is 0 Å².